The van der Waals surface area contributed by atoms with Gasteiger partial charge in [0.2, 0.25) is 0 Å². The number of likely N-dealkylation sites (N-methyl/N-ethyl adjacent to an activating group) is 1. The van der Waals surface area contributed by atoms with Crippen LogP contribution >= 0.6 is 0 Å². The monoisotopic (exact) mass is 253 g/mol. The molecule has 2 fully saturated rings. The molecule has 0 radical (unpaired) electrons. The number of piperazine rings is 1. The van der Waals surface area contributed by atoms with Crippen LogP contribution < -0.4 is 5.73 Å². The van der Waals surface area contributed by atoms with Gasteiger partial charge in [0.15, 0.2) is 0 Å². The Morgan fingerprint density at radius 3 is 2.56 bits per heavy atom. The molecule has 1 aliphatic heterocycles. The summed E-state index contributed by atoms with van der Waals surface area (Å²) in [7, 11) is 2.23. The second-order valence-corrected chi connectivity index (χ2v) is 6.77. The second-order valence-electron chi connectivity index (χ2n) is 6.77. The van der Waals surface area contributed by atoms with Gasteiger partial charge in [-0.25, -0.2) is 0 Å². The summed E-state index contributed by atoms with van der Waals surface area (Å²) in [6.07, 6.45) is 4.02. The van der Waals surface area contributed by atoms with Crippen molar-refractivity contribution in [2.24, 2.45) is 17.6 Å². The fourth-order valence-corrected chi connectivity index (χ4v) is 4.35. The Hall–Kier alpha value is -0.120. The molecule has 1 heterocycles. The third-order valence-electron chi connectivity index (χ3n) is 5.73. The smallest absolute Gasteiger partial charge is 0.0363 e. The highest BCUT2D eigenvalue weighted by Crippen LogP contribution is 2.42. The van der Waals surface area contributed by atoms with Crippen molar-refractivity contribution in [2.45, 2.75) is 51.6 Å². The van der Waals surface area contributed by atoms with Crippen LogP contribution in [0.15, 0.2) is 0 Å². The molecule has 1 saturated carbocycles. The molecule has 4 unspecified atom stereocenters. The van der Waals surface area contributed by atoms with E-state index in [1.165, 1.54) is 38.9 Å². The van der Waals surface area contributed by atoms with Crippen LogP contribution in [-0.4, -0.2) is 54.6 Å². The fraction of sp³-hybridized carbons (Fsp3) is 1.00. The van der Waals surface area contributed by atoms with Crippen molar-refractivity contribution in [1.29, 1.82) is 0 Å². The Labute approximate surface area is 113 Å². The first-order valence-electron chi connectivity index (χ1n) is 7.66. The molecule has 0 amide bonds. The summed E-state index contributed by atoms with van der Waals surface area (Å²) in [5.74, 6) is 1.54. The number of hydrogen-bond acceptors (Lipinski definition) is 3. The molecule has 0 aromatic carbocycles. The molecule has 0 aromatic rings. The zero-order valence-electron chi connectivity index (χ0n) is 12.7. The fourth-order valence-electron chi connectivity index (χ4n) is 4.35. The van der Waals surface area contributed by atoms with E-state index in [4.69, 9.17) is 5.73 Å². The first kappa shape index (κ1) is 14.3. The van der Waals surface area contributed by atoms with Crippen LogP contribution in [0.4, 0.5) is 0 Å². The Morgan fingerprint density at radius 2 is 1.94 bits per heavy atom. The molecular formula is C15H31N3. The van der Waals surface area contributed by atoms with Gasteiger partial charge < -0.3 is 10.6 Å². The molecule has 4 atom stereocenters. The molecule has 3 nitrogen and oxygen atoms in total. The largest absolute Gasteiger partial charge is 0.329 e. The van der Waals surface area contributed by atoms with Crippen LogP contribution in [0.3, 0.4) is 0 Å². The number of nitrogens with two attached hydrogens (primary N) is 1. The van der Waals surface area contributed by atoms with Crippen LogP contribution in [-0.2, 0) is 0 Å². The van der Waals surface area contributed by atoms with Crippen molar-refractivity contribution in [2.75, 3.05) is 33.2 Å². The minimum absolute atomic E-state index is 0.262. The van der Waals surface area contributed by atoms with Crippen molar-refractivity contribution < 1.29 is 0 Å². The van der Waals surface area contributed by atoms with Crippen LogP contribution in [0, 0.1) is 11.8 Å². The topological polar surface area (TPSA) is 32.5 Å². The molecule has 1 saturated heterocycles. The van der Waals surface area contributed by atoms with Gasteiger partial charge in [0.05, 0.1) is 0 Å². The van der Waals surface area contributed by atoms with E-state index in [9.17, 15) is 0 Å². The molecule has 2 aliphatic rings. The van der Waals surface area contributed by atoms with Gasteiger partial charge in [-0.1, -0.05) is 26.7 Å². The number of nitrogens with zero attached hydrogens (tertiary/aromatic N) is 2. The van der Waals surface area contributed by atoms with Crippen LogP contribution in [0.25, 0.3) is 0 Å². The van der Waals surface area contributed by atoms with E-state index in [2.05, 4.69) is 37.6 Å². The molecule has 18 heavy (non-hydrogen) atoms. The van der Waals surface area contributed by atoms with E-state index in [0.717, 1.165) is 18.4 Å². The average molecular weight is 253 g/mol. The standard InChI is InChI=1S/C15H31N3/c1-12-6-5-7-15(11-16,14(12)3)18-9-8-17(4)10-13(18)2/h12-14H,5-11,16H2,1-4H3. The van der Waals surface area contributed by atoms with E-state index in [1.54, 1.807) is 0 Å². The highest BCUT2D eigenvalue weighted by Gasteiger charge is 2.47. The first-order chi connectivity index (χ1) is 8.51. The second kappa shape index (κ2) is 5.48. The van der Waals surface area contributed by atoms with E-state index < -0.39 is 0 Å². The van der Waals surface area contributed by atoms with Crippen molar-refractivity contribution >= 4 is 0 Å². The quantitative estimate of drug-likeness (QED) is 0.814. The minimum Gasteiger partial charge on any atom is -0.329 e. The predicted molar refractivity (Wildman–Crippen MR) is 77.6 cm³/mol. The summed E-state index contributed by atoms with van der Waals surface area (Å²) in [6, 6.07) is 0.639. The number of hydrogen-bond donors (Lipinski definition) is 1. The molecule has 2 N–H and O–H groups in total. The average Bonchev–Trinajstić information content (AvgIpc) is 2.34. The summed E-state index contributed by atoms with van der Waals surface area (Å²) < 4.78 is 0. The molecule has 0 bridgehead atoms. The zero-order chi connectivity index (χ0) is 13.3. The van der Waals surface area contributed by atoms with Crippen LogP contribution in [0.5, 0.6) is 0 Å². The SMILES string of the molecule is CC1CCCC(CN)(N2CCN(C)CC2C)C1C. The van der Waals surface area contributed by atoms with E-state index in [0.29, 0.717) is 6.04 Å². The lowest BCUT2D eigenvalue weighted by Gasteiger charge is -2.56. The van der Waals surface area contributed by atoms with Crippen LogP contribution in [0.2, 0.25) is 0 Å². The molecular weight excluding hydrogens is 222 g/mol. The molecule has 1 aliphatic carbocycles. The minimum atomic E-state index is 0.262. The third-order valence-corrected chi connectivity index (χ3v) is 5.73. The summed E-state index contributed by atoms with van der Waals surface area (Å²) in [5, 5.41) is 0. The Balaban J connectivity index is 2.20. The molecule has 2 rings (SSSR count). The highest BCUT2D eigenvalue weighted by molar-refractivity contribution is 5.03. The maximum atomic E-state index is 6.26. The number of rotatable bonds is 2. The van der Waals surface area contributed by atoms with Gasteiger partial charge in [0.25, 0.3) is 0 Å². The zero-order valence-corrected chi connectivity index (χ0v) is 12.7. The summed E-state index contributed by atoms with van der Waals surface area (Å²) in [4.78, 5) is 5.19. The maximum absolute atomic E-state index is 6.26. The van der Waals surface area contributed by atoms with Gasteiger partial charge in [0.1, 0.15) is 0 Å². The summed E-state index contributed by atoms with van der Waals surface area (Å²) >= 11 is 0. The van der Waals surface area contributed by atoms with Crippen molar-refractivity contribution in [3.63, 3.8) is 0 Å². The molecule has 0 aromatic heterocycles. The van der Waals surface area contributed by atoms with Crippen molar-refractivity contribution in [1.82, 2.24) is 9.80 Å². The van der Waals surface area contributed by atoms with Gasteiger partial charge in [-0.05, 0) is 32.2 Å². The van der Waals surface area contributed by atoms with Gasteiger partial charge >= 0.3 is 0 Å². The third kappa shape index (κ3) is 2.33. The summed E-state index contributed by atoms with van der Waals surface area (Å²) in [5.41, 5.74) is 6.53. The predicted octanol–water partition coefficient (Wildman–Crippen LogP) is 1.78. The lowest BCUT2D eigenvalue weighted by Crippen LogP contribution is -2.67. The molecule has 3 heteroatoms. The van der Waals surface area contributed by atoms with E-state index >= 15 is 0 Å². The van der Waals surface area contributed by atoms with Gasteiger partial charge in [-0.15, -0.1) is 0 Å². The van der Waals surface area contributed by atoms with Crippen LogP contribution in [0.1, 0.15) is 40.0 Å². The molecule has 106 valence electrons. The Bertz CT molecular complexity index is 281. The normalized spacial score (nSPS) is 44.2. The summed E-state index contributed by atoms with van der Waals surface area (Å²) in [6.45, 7) is 11.6. The molecule has 0 spiro atoms. The van der Waals surface area contributed by atoms with Gasteiger partial charge in [0, 0.05) is 37.8 Å². The Kier molecular flexibility index (Phi) is 4.35. The maximum Gasteiger partial charge on any atom is 0.0363 e. The van der Waals surface area contributed by atoms with E-state index in [1.807, 2.05) is 0 Å². The van der Waals surface area contributed by atoms with E-state index in [-0.39, 0.29) is 5.54 Å². The Morgan fingerprint density at radius 1 is 1.22 bits per heavy atom. The van der Waals surface area contributed by atoms with Gasteiger partial charge in [-0.2, -0.15) is 0 Å². The lowest BCUT2D eigenvalue weighted by molar-refractivity contribution is -0.0609. The highest BCUT2D eigenvalue weighted by atomic mass is 15.3. The van der Waals surface area contributed by atoms with Crippen molar-refractivity contribution in [3.8, 4) is 0 Å². The first-order valence-corrected chi connectivity index (χ1v) is 7.66. The van der Waals surface area contributed by atoms with Gasteiger partial charge in [-0.3, -0.25) is 4.90 Å². The van der Waals surface area contributed by atoms with Crippen molar-refractivity contribution in [3.05, 3.63) is 0 Å². The lowest BCUT2D eigenvalue weighted by atomic mass is 9.66.